The number of hydrogen-bond acceptors (Lipinski definition) is 5. The number of ether oxygens (including phenoxy) is 1. The number of amides is 2. The Hall–Kier alpha value is -3.42. The van der Waals surface area contributed by atoms with E-state index in [0.29, 0.717) is 11.5 Å². The normalized spacial score (nSPS) is 11.0. The summed E-state index contributed by atoms with van der Waals surface area (Å²) in [6.07, 6.45) is 3.55. The molecule has 2 aliphatic rings. The molecule has 0 atom stereocenters. The van der Waals surface area contributed by atoms with Gasteiger partial charge in [0.25, 0.3) is 0 Å². The molecule has 146 valence electrons. The minimum Gasteiger partial charge on any atom is -0.497 e. The van der Waals surface area contributed by atoms with E-state index in [1.54, 1.807) is 24.1 Å². The quantitative estimate of drug-likeness (QED) is 0.672. The lowest BCUT2D eigenvalue weighted by Crippen LogP contribution is -2.44. The van der Waals surface area contributed by atoms with Gasteiger partial charge in [0.2, 0.25) is 11.8 Å². The van der Waals surface area contributed by atoms with Gasteiger partial charge in [-0.15, -0.1) is 0 Å². The Bertz CT molecular complexity index is 949. The molecule has 0 radical (unpaired) electrons. The van der Waals surface area contributed by atoms with Gasteiger partial charge in [-0.2, -0.15) is 0 Å². The lowest BCUT2D eigenvalue weighted by atomic mass is 10.2. The van der Waals surface area contributed by atoms with Gasteiger partial charge in [-0.25, -0.2) is 9.97 Å². The van der Waals surface area contributed by atoms with Gasteiger partial charge in [0.15, 0.2) is 5.82 Å². The van der Waals surface area contributed by atoms with Crippen molar-refractivity contribution >= 4 is 11.8 Å². The van der Waals surface area contributed by atoms with Crippen molar-refractivity contribution in [2.24, 2.45) is 5.73 Å². The van der Waals surface area contributed by atoms with Gasteiger partial charge in [0, 0.05) is 24.0 Å². The first-order valence-corrected chi connectivity index (χ1v) is 8.93. The standard InChI is InChI=1S/C20H23N5O3/c1-13(2)25(11-18(21)26)19(27)12-24-9-8-16-17(10-24)23-20(22-16)14-4-6-15(28-3)7-5-14/h4-10,13H,11-12H2,1-3H3,(H2,21,26). The monoisotopic (exact) mass is 381 g/mol. The Kier molecular flexibility index (Phi) is 5.58. The van der Waals surface area contributed by atoms with E-state index in [0.717, 1.165) is 17.0 Å². The summed E-state index contributed by atoms with van der Waals surface area (Å²) in [5, 5.41) is 0. The maximum absolute atomic E-state index is 12.6. The highest BCUT2D eigenvalue weighted by Gasteiger charge is 2.20. The van der Waals surface area contributed by atoms with Crippen molar-refractivity contribution in [2.75, 3.05) is 13.7 Å². The predicted molar refractivity (Wildman–Crippen MR) is 105 cm³/mol. The molecule has 2 aliphatic heterocycles. The summed E-state index contributed by atoms with van der Waals surface area (Å²) < 4.78 is 6.90. The number of methoxy groups -OCH3 is 1. The van der Waals surface area contributed by atoms with Crippen LogP contribution < -0.4 is 10.5 Å². The van der Waals surface area contributed by atoms with E-state index in [9.17, 15) is 9.59 Å². The van der Waals surface area contributed by atoms with E-state index in [1.165, 1.54) is 4.90 Å². The van der Waals surface area contributed by atoms with Crippen LogP contribution in [0.1, 0.15) is 13.8 Å². The van der Waals surface area contributed by atoms with Crippen LogP contribution in [0.3, 0.4) is 0 Å². The van der Waals surface area contributed by atoms with Crippen molar-refractivity contribution in [1.29, 1.82) is 0 Å². The number of carbonyl (C=O) groups is 2. The number of hydrogen-bond donors (Lipinski definition) is 1. The Labute approximate surface area is 163 Å². The highest BCUT2D eigenvalue weighted by Crippen LogP contribution is 2.26. The molecule has 2 amide bonds. The number of carbonyl (C=O) groups excluding carboxylic acids is 2. The Morgan fingerprint density at radius 1 is 1.14 bits per heavy atom. The van der Waals surface area contributed by atoms with Crippen molar-refractivity contribution in [3.05, 3.63) is 42.7 Å². The minimum atomic E-state index is -0.534. The fraction of sp³-hybridized carbons (Fsp3) is 0.300. The molecule has 8 nitrogen and oxygen atoms in total. The molecular weight excluding hydrogens is 358 g/mol. The lowest BCUT2D eigenvalue weighted by Gasteiger charge is -2.25. The van der Waals surface area contributed by atoms with Gasteiger partial charge >= 0.3 is 0 Å². The molecular formula is C20H23N5O3. The number of fused-ring (bicyclic) bond motifs is 1. The number of pyridine rings is 1. The van der Waals surface area contributed by atoms with E-state index in [4.69, 9.17) is 10.5 Å². The van der Waals surface area contributed by atoms with Gasteiger partial charge in [0.05, 0.1) is 19.3 Å². The summed E-state index contributed by atoms with van der Waals surface area (Å²) in [6.45, 7) is 3.68. The molecule has 0 aliphatic carbocycles. The van der Waals surface area contributed by atoms with Crippen molar-refractivity contribution in [1.82, 2.24) is 19.4 Å². The third kappa shape index (κ3) is 4.28. The van der Waals surface area contributed by atoms with E-state index < -0.39 is 5.91 Å². The zero-order valence-electron chi connectivity index (χ0n) is 16.1. The number of nitrogens with two attached hydrogens (primary N) is 1. The first kappa shape index (κ1) is 19.3. The first-order valence-electron chi connectivity index (χ1n) is 8.93. The van der Waals surface area contributed by atoms with Gasteiger partial charge in [-0.3, -0.25) is 9.59 Å². The molecule has 1 aromatic carbocycles. The molecule has 0 aromatic heterocycles. The van der Waals surface area contributed by atoms with Crippen LogP contribution in [0.4, 0.5) is 0 Å². The van der Waals surface area contributed by atoms with Crippen LogP contribution in [0.5, 0.6) is 5.75 Å². The Balaban J connectivity index is 1.81. The van der Waals surface area contributed by atoms with Crippen LogP contribution in [-0.4, -0.2) is 50.9 Å². The highest BCUT2D eigenvalue weighted by molar-refractivity contribution is 5.84. The van der Waals surface area contributed by atoms with Crippen LogP contribution >= 0.6 is 0 Å². The number of nitrogens with zero attached hydrogens (tertiary/aromatic N) is 4. The largest absolute Gasteiger partial charge is 0.497 e. The van der Waals surface area contributed by atoms with Crippen molar-refractivity contribution in [2.45, 2.75) is 26.4 Å². The van der Waals surface area contributed by atoms with Crippen molar-refractivity contribution in [3.8, 4) is 28.5 Å². The number of rotatable bonds is 7. The van der Waals surface area contributed by atoms with E-state index >= 15 is 0 Å². The van der Waals surface area contributed by atoms with E-state index in [1.807, 2.05) is 44.2 Å². The van der Waals surface area contributed by atoms with Gasteiger partial charge < -0.3 is 19.9 Å². The number of benzene rings is 1. The summed E-state index contributed by atoms with van der Waals surface area (Å²) in [5.74, 6) is 0.655. The molecule has 3 rings (SSSR count). The molecule has 1 aromatic rings. The summed E-state index contributed by atoms with van der Waals surface area (Å²) in [7, 11) is 1.62. The number of primary amides is 1. The third-order valence-electron chi connectivity index (χ3n) is 4.36. The van der Waals surface area contributed by atoms with Crippen LogP contribution in [0.2, 0.25) is 0 Å². The third-order valence-corrected chi connectivity index (χ3v) is 4.36. The zero-order valence-corrected chi connectivity index (χ0v) is 16.1. The van der Waals surface area contributed by atoms with Crippen molar-refractivity contribution < 1.29 is 14.3 Å². The average Bonchev–Trinajstić information content (AvgIpc) is 3.09. The maximum Gasteiger partial charge on any atom is 0.243 e. The fourth-order valence-electron chi connectivity index (χ4n) is 2.89. The van der Waals surface area contributed by atoms with E-state index in [-0.39, 0.29) is 25.0 Å². The summed E-state index contributed by atoms with van der Waals surface area (Å²) in [6, 6.07) is 9.20. The molecule has 28 heavy (non-hydrogen) atoms. The molecule has 2 N–H and O–H groups in total. The second-order valence-corrected chi connectivity index (χ2v) is 6.75. The predicted octanol–water partition coefficient (Wildman–Crippen LogP) is 1.78. The van der Waals surface area contributed by atoms with Gasteiger partial charge in [0.1, 0.15) is 18.0 Å². The second-order valence-electron chi connectivity index (χ2n) is 6.75. The van der Waals surface area contributed by atoms with Crippen LogP contribution in [-0.2, 0) is 16.1 Å². The smallest absolute Gasteiger partial charge is 0.243 e. The maximum atomic E-state index is 12.6. The molecule has 0 unspecified atom stereocenters. The van der Waals surface area contributed by atoms with Crippen LogP contribution in [0, 0.1) is 0 Å². The van der Waals surface area contributed by atoms with E-state index in [2.05, 4.69) is 9.97 Å². The van der Waals surface area contributed by atoms with Crippen LogP contribution in [0.15, 0.2) is 42.7 Å². The molecule has 0 saturated carbocycles. The molecule has 0 bridgehead atoms. The van der Waals surface area contributed by atoms with Gasteiger partial charge in [-0.1, -0.05) is 0 Å². The molecule has 2 heterocycles. The second kappa shape index (κ2) is 8.08. The number of aromatic nitrogens is 3. The molecule has 0 fully saturated rings. The molecule has 0 saturated heterocycles. The molecule has 8 heteroatoms. The summed E-state index contributed by atoms with van der Waals surface area (Å²) in [5.41, 5.74) is 7.56. The zero-order chi connectivity index (χ0) is 20.3. The lowest BCUT2D eigenvalue weighted by molar-refractivity contribution is -0.137. The fourth-order valence-corrected chi connectivity index (χ4v) is 2.89. The number of imidazole rings is 1. The Morgan fingerprint density at radius 2 is 1.82 bits per heavy atom. The van der Waals surface area contributed by atoms with Gasteiger partial charge in [-0.05, 0) is 44.2 Å². The summed E-state index contributed by atoms with van der Waals surface area (Å²) >= 11 is 0. The van der Waals surface area contributed by atoms with Crippen molar-refractivity contribution in [3.63, 3.8) is 0 Å². The molecule has 0 spiro atoms. The topological polar surface area (TPSA) is 103 Å². The first-order chi connectivity index (χ1) is 13.4. The minimum absolute atomic E-state index is 0.0894. The summed E-state index contributed by atoms with van der Waals surface area (Å²) in [4.78, 5) is 34.3. The highest BCUT2D eigenvalue weighted by atomic mass is 16.5. The average molecular weight is 381 g/mol. The Morgan fingerprint density at radius 3 is 2.43 bits per heavy atom. The SMILES string of the molecule is COc1ccc(-c2nc3ccn(CC(=O)N(CC(N)=O)C(C)C)cc-3n2)cc1. The van der Waals surface area contributed by atoms with Crippen LogP contribution in [0.25, 0.3) is 22.8 Å².